The Hall–Kier alpha value is -0.470. The molecule has 0 radical (unpaired) electrons. The van der Waals surface area contributed by atoms with E-state index < -0.39 is 0 Å². The van der Waals surface area contributed by atoms with Crippen LogP contribution in [-0.2, 0) is 0 Å². The summed E-state index contributed by atoms with van der Waals surface area (Å²) >= 11 is 1.95. The third-order valence-electron chi connectivity index (χ3n) is 2.13. The molecule has 0 amide bonds. The lowest BCUT2D eigenvalue weighted by Gasteiger charge is -2.07. The third-order valence-corrected chi connectivity index (χ3v) is 3.21. The van der Waals surface area contributed by atoms with Crippen LogP contribution in [-0.4, -0.2) is 18.3 Å². The van der Waals surface area contributed by atoms with E-state index in [1.165, 1.54) is 22.6 Å². The first-order chi connectivity index (χ1) is 7.18. The van der Waals surface area contributed by atoms with Crippen LogP contribution in [0, 0.1) is 6.92 Å². The normalized spacial score (nSPS) is 10.9. The van der Waals surface area contributed by atoms with Crippen LogP contribution in [0.3, 0.4) is 0 Å². The van der Waals surface area contributed by atoms with Gasteiger partial charge in [0, 0.05) is 10.9 Å². The van der Waals surface area contributed by atoms with Crippen LogP contribution in [0.5, 0.6) is 0 Å². The van der Waals surface area contributed by atoms with E-state index in [1.807, 2.05) is 11.8 Å². The maximum atomic E-state index is 3.43. The lowest BCUT2D eigenvalue weighted by atomic mass is 10.2. The van der Waals surface area contributed by atoms with Gasteiger partial charge in [-0.05, 0) is 37.8 Å². The molecule has 0 bridgehead atoms. The van der Waals surface area contributed by atoms with Gasteiger partial charge < -0.3 is 5.32 Å². The molecule has 0 unspecified atom stereocenters. The molecule has 1 rings (SSSR count). The first-order valence-corrected chi connectivity index (χ1v) is 6.60. The Labute approximate surface area is 97.7 Å². The summed E-state index contributed by atoms with van der Waals surface area (Å²) in [5, 5.41) is 3.43. The van der Waals surface area contributed by atoms with Crippen LogP contribution in [0.2, 0.25) is 0 Å². The van der Waals surface area contributed by atoms with Crippen molar-refractivity contribution < 1.29 is 0 Å². The molecule has 0 aliphatic heterocycles. The zero-order valence-electron chi connectivity index (χ0n) is 9.92. The largest absolute Gasteiger partial charge is 0.315 e. The minimum Gasteiger partial charge on any atom is -0.315 e. The van der Waals surface area contributed by atoms with Crippen LogP contribution in [0.1, 0.15) is 25.8 Å². The second kappa shape index (κ2) is 6.91. The zero-order valence-corrected chi connectivity index (χ0v) is 10.7. The highest BCUT2D eigenvalue weighted by molar-refractivity contribution is 7.99. The maximum Gasteiger partial charge on any atom is 0.00745 e. The van der Waals surface area contributed by atoms with Crippen molar-refractivity contribution in [3.8, 4) is 0 Å². The minimum atomic E-state index is 0.606. The van der Waals surface area contributed by atoms with E-state index in [9.17, 15) is 0 Å². The minimum absolute atomic E-state index is 0.606. The highest BCUT2D eigenvalue weighted by atomic mass is 32.2. The molecule has 84 valence electrons. The molecule has 0 saturated heterocycles. The molecule has 0 spiro atoms. The van der Waals surface area contributed by atoms with Crippen molar-refractivity contribution in [3.05, 3.63) is 29.8 Å². The van der Waals surface area contributed by atoms with Crippen LogP contribution in [0.25, 0.3) is 0 Å². The molecule has 1 aromatic rings. The van der Waals surface area contributed by atoms with Gasteiger partial charge in [-0.15, -0.1) is 11.8 Å². The molecule has 0 aliphatic carbocycles. The summed E-state index contributed by atoms with van der Waals surface area (Å²) in [6.45, 7) is 7.64. The third kappa shape index (κ3) is 5.85. The number of aryl methyl sites for hydroxylation is 1. The predicted octanol–water partition coefficient (Wildman–Crippen LogP) is 3.48. The lowest BCUT2D eigenvalue weighted by molar-refractivity contribution is 0.586. The number of hydrogen-bond donors (Lipinski definition) is 1. The second-order valence-electron chi connectivity index (χ2n) is 4.13. The molecular formula is C13H21NS. The second-order valence-corrected chi connectivity index (χ2v) is 5.30. The molecule has 1 aromatic carbocycles. The van der Waals surface area contributed by atoms with E-state index in [4.69, 9.17) is 0 Å². The summed E-state index contributed by atoms with van der Waals surface area (Å²) in [4.78, 5) is 1.39. The Morgan fingerprint density at radius 1 is 1.33 bits per heavy atom. The molecule has 0 atom stereocenters. The summed E-state index contributed by atoms with van der Waals surface area (Å²) in [7, 11) is 0. The highest BCUT2D eigenvalue weighted by Crippen LogP contribution is 2.19. The topological polar surface area (TPSA) is 12.0 Å². The fourth-order valence-corrected chi connectivity index (χ4v) is 2.33. The standard InChI is InChI=1S/C13H21NS/c1-11(2)14-8-5-9-15-13-7-4-6-12(3)10-13/h4,6-7,10-11,14H,5,8-9H2,1-3H3. The Morgan fingerprint density at radius 3 is 2.80 bits per heavy atom. The van der Waals surface area contributed by atoms with E-state index in [2.05, 4.69) is 50.4 Å². The molecule has 1 nitrogen and oxygen atoms in total. The van der Waals surface area contributed by atoms with Gasteiger partial charge in [-0.2, -0.15) is 0 Å². The van der Waals surface area contributed by atoms with Crippen LogP contribution in [0.15, 0.2) is 29.2 Å². The van der Waals surface area contributed by atoms with Crippen molar-refractivity contribution in [2.75, 3.05) is 12.3 Å². The van der Waals surface area contributed by atoms with Crippen LogP contribution >= 0.6 is 11.8 Å². The van der Waals surface area contributed by atoms with Gasteiger partial charge in [-0.25, -0.2) is 0 Å². The van der Waals surface area contributed by atoms with Gasteiger partial charge in [-0.1, -0.05) is 31.5 Å². The predicted molar refractivity (Wildman–Crippen MR) is 69.7 cm³/mol. The molecule has 0 aliphatic rings. The molecule has 2 heteroatoms. The SMILES string of the molecule is Cc1cccc(SCCCNC(C)C)c1. The van der Waals surface area contributed by atoms with Gasteiger partial charge in [-0.3, -0.25) is 0 Å². The molecule has 0 aromatic heterocycles. The highest BCUT2D eigenvalue weighted by Gasteiger charge is 1.95. The van der Waals surface area contributed by atoms with Crippen molar-refractivity contribution >= 4 is 11.8 Å². The first-order valence-electron chi connectivity index (χ1n) is 5.61. The van der Waals surface area contributed by atoms with Crippen molar-refractivity contribution in [1.29, 1.82) is 0 Å². The van der Waals surface area contributed by atoms with Gasteiger partial charge in [0.2, 0.25) is 0 Å². The van der Waals surface area contributed by atoms with E-state index in [-0.39, 0.29) is 0 Å². The Morgan fingerprint density at radius 2 is 2.13 bits per heavy atom. The number of hydrogen-bond acceptors (Lipinski definition) is 2. The Bertz CT molecular complexity index is 284. The van der Waals surface area contributed by atoms with E-state index >= 15 is 0 Å². The smallest absolute Gasteiger partial charge is 0.00745 e. The number of thioether (sulfide) groups is 1. The first kappa shape index (κ1) is 12.6. The van der Waals surface area contributed by atoms with Gasteiger partial charge >= 0.3 is 0 Å². The molecule has 0 fully saturated rings. The lowest BCUT2D eigenvalue weighted by Crippen LogP contribution is -2.23. The summed E-state index contributed by atoms with van der Waals surface area (Å²) in [5.74, 6) is 1.20. The molecule has 15 heavy (non-hydrogen) atoms. The average molecular weight is 223 g/mol. The van der Waals surface area contributed by atoms with Gasteiger partial charge in [0.1, 0.15) is 0 Å². The summed E-state index contributed by atoms with van der Waals surface area (Å²) in [6.07, 6.45) is 1.23. The monoisotopic (exact) mass is 223 g/mol. The van der Waals surface area contributed by atoms with E-state index in [1.54, 1.807) is 0 Å². The van der Waals surface area contributed by atoms with Gasteiger partial charge in [0.25, 0.3) is 0 Å². The van der Waals surface area contributed by atoms with Gasteiger partial charge in [0.05, 0.1) is 0 Å². The fourth-order valence-electron chi connectivity index (χ4n) is 1.36. The fraction of sp³-hybridized carbons (Fsp3) is 0.538. The average Bonchev–Trinajstić information content (AvgIpc) is 2.17. The number of nitrogens with one attached hydrogen (secondary N) is 1. The van der Waals surface area contributed by atoms with Crippen molar-refractivity contribution in [1.82, 2.24) is 5.32 Å². The molecular weight excluding hydrogens is 202 g/mol. The maximum absolute atomic E-state index is 3.43. The summed E-state index contributed by atoms with van der Waals surface area (Å²) in [6, 6.07) is 9.32. The van der Waals surface area contributed by atoms with Crippen LogP contribution < -0.4 is 5.32 Å². The van der Waals surface area contributed by atoms with Crippen molar-refractivity contribution in [2.45, 2.75) is 38.1 Å². The number of rotatable bonds is 6. The van der Waals surface area contributed by atoms with Crippen LogP contribution in [0.4, 0.5) is 0 Å². The van der Waals surface area contributed by atoms with Crippen molar-refractivity contribution in [2.24, 2.45) is 0 Å². The van der Waals surface area contributed by atoms with E-state index in [0.29, 0.717) is 6.04 Å². The summed E-state index contributed by atoms with van der Waals surface area (Å²) < 4.78 is 0. The Kier molecular flexibility index (Phi) is 5.81. The van der Waals surface area contributed by atoms with Gasteiger partial charge in [0.15, 0.2) is 0 Å². The molecule has 0 heterocycles. The molecule has 1 N–H and O–H groups in total. The Balaban J connectivity index is 2.15. The molecule has 0 saturated carbocycles. The summed E-state index contributed by atoms with van der Waals surface area (Å²) in [5.41, 5.74) is 1.35. The van der Waals surface area contributed by atoms with Crippen molar-refractivity contribution in [3.63, 3.8) is 0 Å². The zero-order chi connectivity index (χ0) is 11.1. The quantitative estimate of drug-likeness (QED) is 0.585. The number of benzene rings is 1. The van der Waals surface area contributed by atoms with E-state index in [0.717, 1.165) is 6.54 Å².